The SMILES string of the molecule is NC(=O)c1cc(-c2ccccc2)nc(N2CC=CC2)n1. The molecule has 5 nitrogen and oxygen atoms in total. The van der Waals surface area contributed by atoms with Gasteiger partial charge in [-0.25, -0.2) is 9.97 Å². The van der Waals surface area contributed by atoms with Crippen LogP contribution in [0.1, 0.15) is 10.5 Å². The van der Waals surface area contributed by atoms with E-state index in [9.17, 15) is 4.79 Å². The summed E-state index contributed by atoms with van der Waals surface area (Å²) in [5, 5.41) is 0. The van der Waals surface area contributed by atoms with Gasteiger partial charge in [0.05, 0.1) is 5.69 Å². The van der Waals surface area contributed by atoms with E-state index in [4.69, 9.17) is 5.73 Å². The van der Waals surface area contributed by atoms with E-state index in [-0.39, 0.29) is 5.69 Å². The highest BCUT2D eigenvalue weighted by molar-refractivity contribution is 5.92. The van der Waals surface area contributed by atoms with Crippen molar-refractivity contribution < 1.29 is 4.79 Å². The number of carbonyl (C=O) groups is 1. The first kappa shape index (κ1) is 12.3. The number of hydrogen-bond donors (Lipinski definition) is 1. The molecule has 0 unspecified atom stereocenters. The molecule has 0 atom stereocenters. The molecule has 1 aliphatic heterocycles. The van der Waals surface area contributed by atoms with Crippen LogP contribution in [0.25, 0.3) is 11.3 Å². The first-order chi connectivity index (χ1) is 9.74. The van der Waals surface area contributed by atoms with Crippen LogP contribution in [0.5, 0.6) is 0 Å². The van der Waals surface area contributed by atoms with Gasteiger partial charge in [0.2, 0.25) is 5.95 Å². The molecule has 2 heterocycles. The molecule has 3 rings (SSSR count). The molecule has 5 heteroatoms. The number of aromatic nitrogens is 2. The summed E-state index contributed by atoms with van der Waals surface area (Å²) in [7, 11) is 0. The minimum Gasteiger partial charge on any atom is -0.364 e. The standard InChI is InChI=1S/C15H14N4O/c16-14(20)13-10-12(11-6-2-1-3-7-11)17-15(18-13)19-8-4-5-9-19/h1-7,10H,8-9H2,(H2,16,20). The molecule has 1 aliphatic rings. The van der Waals surface area contributed by atoms with E-state index in [1.54, 1.807) is 6.07 Å². The largest absolute Gasteiger partial charge is 0.364 e. The zero-order chi connectivity index (χ0) is 13.9. The lowest BCUT2D eigenvalue weighted by Crippen LogP contribution is -2.23. The van der Waals surface area contributed by atoms with Crippen LogP contribution in [0.4, 0.5) is 5.95 Å². The van der Waals surface area contributed by atoms with Gasteiger partial charge >= 0.3 is 0 Å². The van der Waals surface area contributed by atoms with E-state index in [0.717, 1.165) is 18.7 Å². The maximum absolute atomic E-state index is 11.4. The normalized spacial score (nSPS) is 13.7. The van der Waals surface area contributed by atoms with Gasteiger partial charge in [0.25, 0.3) is 5.91 Å². The lowest BCUT2D eigenvalue weighted by atomic mass is 10.1. The van der Waals surface area contributed by atoms with Crippen LogP contribution in [0, 0.1) is 0 Å². The van der Waals surface area contributed by atoms with Crippen molar-refractivity contribution in [2.75, 3.05) is 18.0 Å². The second-order valence-electron chi connectivity index (χ2n) is 4.55. The Morgan fingerprint density at radius 1 is 1.10 bits per heavy atom. The molecule has 1 aromatic heterocycles. The second-order valence-corrected chi connectivity index (χ2v) is 4.55. The first-order valence-corrected chi connectivity index (χ1v) is 6.38. The molecule has 1 amide bonds. The number of nitrogens with zero attached hydrogens (tertiary/aromatic N) is 3. The fourth-order valence-corrected chi connectivity index (χ4v) is 2.10. The van der Waals surface area contributed by atoms with E-state index < -0.39 is 5.91 Å². The number of amides is 1. The predicted octanol–water partition coefficient (Wildman–Crippen LogP) is 1.62. The molecule has 0 saturated heterocycles. The van der Waals surface area contributed by atoms with Crippen LogP contribution >= 0.6 is 0 Å². The van der Waals surface area contributed by atoms with Crippen molar-refractivity contribution in [1.82, 2.24) is 9.97 Å². The maximum atomic E-state index is 11.4. The van der Waals surface area contributed by atoms with Crippen LogP contribution in [-0.2, 0) is 0 Å². The average Bonchev–Trinajstić information content (AvgIpc) is 3.02. The lowest BCUT2D eigenvalue weighted by molar-refractivity contribution is 0.0995. The quantitative estimate of drug-likeness (QED) is 0.857. The second kappa shape index (κ2) is 5.13. The zero-order valence-electron chi connectivity index (χ0n) is 10.9. The Morgan fingerprint density at radius 2 is 1.80 bits per heavy atom. The number of anilines is 1. The third-order valence-corrected chi connectivity index (χ3v) is 3.14. The van der Waals surface area contributed by atoms with E-state index >= 15 is 0 Å². The maximum Gasteiger partial charge on any atom is 0.267 e. The van der Waals surface area contributed by atoms with E-state index in [0.29, 0.717) is 11.6 Å². The average molecular weight is 266 g/mol. The third-order valence-electron chi connectivity index (χ3n) is 3.14. The molecule has 0 fully saturated rings. The van der Waals surface area contributed by atoms with Crippen LogP contribution in [0.15, 0.2) is 48.6 Å². The van der Waals surface area contributed by atoms with E-state index in [1.165, 1.54) is 0 Å². The summed E-state index contributed by atoms with van der Waals surface area (Å²) in [6.07, 6.45) is 4.09. The van der Waals surface area contributed by atoms with Crippen molar-refractivity contribution in [3.05, 3.63) is 54.2 Å². The number of benzene rings is 1. The van der Waals surface area contributed by atoms with Gasteiger partial charge in [0, 0.05) is 18.7 Å². The van der Waals surface area contributed by atoms with Crippen molar-refractivity contribution in [1.29, 1.82) is 0 Å². The Balaban J connectivity index is 2.07. The van der Waals surface area contributed by atoms with Gasteiger partial charge in [-0.15, -0.1) is 0 Å². The minimum atomic E-state index is -0.544. The summed E-state index contributed by atoms with van der Waals surface area (Å²) in [6, 6.07) is 11.3. The van der Waals surface area contributed by atoms with E-state index in [1.807, 2.05) is 47.4 Å². The number of hydrogen-bond acceptors (Lipinski definition) is 4. The molecule has 20 heavy (non-hydrogen) atoms. The van der Waals surface area contributed by atoms with Crippen molar-refractivity contribution >= 4 is 11.9 Å². The molecule has 0 radical (unpaired) electrons. The number of nitrogens with two attached hydrogens (primary N) is 1. The smallest absolute Gasteiger partial charge is 0.267 e. The molecule has 0 aliphatic carbocycles. The number of primary amides is 1. The molecule has 1 aromatic carbocycles. The predicted molar refractivity (Wildman–Crippen MR) is 77.3 cm³/mol. The summed E-state index contributed by atoms with van der Waals surface area (Å²) in [6.45, 7) is 1.49. The monoisotopic (exact) mass is 266 g/mol. The molecular weight excluding hydrogens is 252 g/mol. The fourth-order valence-electron chi connectivity index (χ4n) is 2.10. The van der Waals surface area contributed by atoms with Crippen molar-refractivity contribution in [3.63, 3.8) is 0 Å². The zero-order valence-corrected chi connectivity index (χ0v) is 10.9. The summed E-state index contributed by atoms with van der Waals surface area (Å²) in [5.74, 6) is -0.0110. The Labute approximate surface area is 116 Å². The molecule has 2 N–H and O–H groups in total. The molecule has 0 bridgehead atoms. The first-order valence-electron chi connectivity index (χ1n) is 6.38. The molecule has 0 spiro atoms. The highest BCUT2D eigenvalue weighted by Crippen LogP contribution is 2.21. The Hall–Kier alpha value is -2.69. The van der Waals surface area contributed by atoms with Gasteiger partial charge in [-0.1, -0.05) is 42.5 Å². The summed E-state index contributed by atoms with van der Waals surface area (Å²) in [4.78, 5) is 22.2. The van der Waals surface area contributed by atoms with E-state index in [2.05, 4.69) is 9.97 Å². The van der Waals surface area contributed by atoms with Crippen LogP contribution in [0.3, 0.4) is 0 Å². The lowest BCUT2D eigenvalue weighted by Gasteiger charge is -2.16. The third kappa shape index (κ3) is 2.38. The van der Waals surface area contributed by atoms with Crippen LogP contribution in [0.2, 0.25) is 0 Å². The molecule has 100 valence electrons. The van der Waals surface area contributed by atoms with Gasteiger partial charge < -0.3 is 10.6 Å². The summed E-state index contributed by atoms with van der Waals surface area (Å²) >= 11 is 0. The van der Waals surface area contributed by atoms with Gasteiger partial charge in [-0.3, -0.25) is 4.79 Å². The van der Waals surface area contributed by atoms with Gasteiger partial charge in [-0.05, 0) is 6.07 Å². The number of rotatable bonds is 3. The van der Waals surface area contributed by atoms with Crippen molar-refractivity contribution in [3.8, 4) is 11.3 Å². The molecule has 0 saturated carbocycles. The Bertz CT molecular complexity index is 659. The van der Waals surface area contributed by atoms with Gasteiger partial charge in [0.15, 0.2) is 0 Å². The highest BCUT2D eigenvalue weighted by atomic mass is 16.1. The minimum absolute atomic E-state index is 0.237. The number of carbonyl (C=O) groups excluding carboxylic acids is 1. The fraction of sp³-hybridized carbons (Fsp3) is 0.133. The summed E-state index contributed by atoms with van der Waals surface area (Å²) < 4.78 is 0. The van der Waals surface area contributed by atoms with Crippen molar-refractivity contribution in [2.45, 2.75) is 0 Å². The van der Waals surface area contributed by atoms with Crippen LogP contribution < -0.4 is 10.6 Å². The van der Waals surface area contributed by atoms with Crippen molar-refractivity contribution in [2.24, 2.45) is 5.73 Å². The Kier molecular flexibility index (Phi) is 3.16. The van der Waals surface area contributed by atoms with Crippen LogP contribution in [-0.4, -0.2) is 29.0 Å². The topological polar surface area (TPSA) is 72.1 Å². The molecular formula is C15H14N4O. The summed E-state index contributed by atoms with van der Waals surface area (Å²) in [5.41, 5.74) is 7.24. The van der Waals surface area contributed by atoms with Gasteiger partial charge in [-0.2, -0.15) is 0 Å². The Morgan fingerprint density at radius 3 is 2.45 bits per heavy atom. The van der Waals surface area contributed by atoms with Gasteiger partial charge in [0.1, 0.15) is 5.69 Å². The highest BCUT2D eigenvalue weighted by Gasteiger charge is 2.15. The molecule has 2 aromatic rings.